The number of carbonyl (C=O) groups is 1. The Hall–Kier alpha value is -1.84. The molecular weight excluding hydrogens is 238 g/mol. The molecule has 1 N–H and O–H groups in total. The summed E-state index contributed by atoms with van der Waals surface area (Å²) in [6.07, 6.45) is 0. The van der Waals surface area contributed by atoms with E-state index in [0.717, 1.165) is 5.56 Å². The first-order chi connectivity index (χ1) is 8.86. The number of hydrogen-bond donors (Lipinski definition) is 1. The summed E-state index contributed by atoms with van der Waals surface area (Å²) >= 11 is 0. The van der Waals surface area contributed by atoms with Gasteiger partial charge >= 0.3 is 0 Å². The van der Waals surface area contributed by atoms with Crippen LogP contribution in [0.15, 0.2) is 29.4 Å². The number of aryl methyl sites for hydroxylation is 1. The summed E-state index contributed by atoms with van der Waals surface area (Å²) in [4.78, 5) is 12.2. The van der Waals surface area contributed by atoms with Crippen molar-refractivity contribution in [3.05, 3.63) is 35.4 Å². The predicted octanol–water partition coefficient (Wildman–Crippen LogP) is 2.18. The molecular formula is C15H23N3O. The second kappa shape index (κ2) is 6.36. The van der Waals surface area contributed by atoms with Crippen molar-refractivity contribution >= 4 is 12.6 Å². The molecule has 4 nitrogen and oxygen atoms in total. The van der Waals surface area contributed by atoms with Crippen molar-refractivity contribution in [2.75, 3.05) is 13.6 Å². The molecule has 0 atom stereocenters. The second-order valence-electron chi connectivity index (χ2n) is 5.45. The zero-order chi connectivity index (χ0) is 14.5. The molecule has 0 aliphatic carbocycles. The van der Waals surface area contributed by atoms with Gasteiger partial charge in [0.05, 0.1) is 5.41 Å². The van der Waals surface area contributed by atoms with Gasteiger partial charge in [-0.3, -0.25) is 9.80 Å². The minimum Gasteiger partial charge on any atom is -0.351 e. The lowest BCUT2D eigenvalue weighted by atomic mass is 9.92. The SMILES string of the molecule is C=NN(C)CC(C)(C)C(=O)NCc1ccccc1C. The lowest BCUT2D eigenvalue weighted by molar-refractivity contribution is -0.130. The molecule has 0 radical (unpaired) electrons. The van der Waals surface area contributed by atoms with E-state index < -0.39 is 5.41 Å². The summed E-state index contributed by atoms with van der Waals surface area (Å²) in [7, 11) is 1.81. The molecule has 1 amide bonds. The molecule has 0 bridgehead atoms. The molecule has 0 heterocycles. The summed E-state index contributed by atoms with van der Waals surface area (Å²) in [6, 6.07) is 8.05. The number of hydrogen-bond acceptors (Lipinski definition) is 3. The van der Waals surface area contributed by atoms with Gasteiger partial charge in [-0.1, -0.05) is 24.3 Å². The second-order valence-corrected chi connectivity index (χ2v) is 5.45. The van der Waals surface area contributed by atoms with Crippen LogP contribution in [0.1, 0.15) is 25.0 Å². The summed E-state index contributed by atoms with van der Waals surface area (Å²) in [5.74, 6) is 0.0197. The standard InChI is InChI=1S/C15H23N3O/c1-12-8-6-7-9-13(12)10-17-14(19)15(2,3)11-18(5)16-4/h6-9H,4,10-11H2,1-3,5H3,(H,17,19). The maximum atomic E-state index is 12.2. The summed E-state index contributed by atoms with van der Waals surface area (Å²) in [5, 5.41) is 8.45. The third-order valence-corrected chi connectivity index (χ3v) is 3.18. The van der Waals surface area contributed by atoms with Gasteiger partial charge in [0.1, 0.15) is 0 Å². The molecule has 0 aliphatic heterocycles. The van der Waals surface area contributed by atoms with Crippen LogP contribution >= 0.6 is 0 Å². The van der Waals surface area contributed by atoms with Crippen LogP contribution < -0.4 is 5.32 Å². The van der Waals surface area contributed by atoms with Crippen LogP contribution in [-0.2, 0) is 11.3 Å². The van der Waals surface area contributed by atoms with Crippen LogP contribution in [0.2, 0.25) is 0 Å². The first kappa shape index (κ1) is 15.2. The molecule has 0 fully saturated rings. The number of nitrogens with one attached hydrogen (secondary N) is 1. The van der Waals surface area contributed by atoms with Crippen molar-refractivity contribution in [1.82, 2.24) is 10.3 Å². The summed E-state index contributed by atoms with van der Waals surface area (Å²) in [6.45, 7) is 10.4. The van der Waals surface area contributed by atoms with Crippen LogP contribution in [-0.4, -0.2) is 31.2 Å². The fraction of sp³-hybridized carbons (Fsp3) is 0.467. The van der Waals surface area contributed by atoms with Gasteiger partial charge in [-0.15, -0.1) is 0 Å². The Labute approximate surface area is 115 Å². The quantitative estimate of drug-likeness (QED) is 0.630. The van der Waals surface area contributed by atoms with E-state index in [2.05, 4.69) is 17.1 Å². The largest absolute Gasteiger partial charge is 0.351 e. The van der Waals surface area contributed by atoms with Gasteiger partial charge in [0.2, 0.25) is 5.91 Å². The number of nitrogens with zero attached hydrogens (tertiary/aromatic N) is 2. The highest BCUT2D eigenvalue weighted by atomic mass is 16.2. The Morgan fingerprint density at radius 3 is 2.63 bits per heavy atom. The normalized spacial score (nSPS) is 10.9. The predicted molar refractivity (Wildman–Crippen MR) is 79.0 cm³/mol. The molecule has 19 heavy (non-hydrogen) atoms. The van der Waals surface area contributed by atoms with Crippen LogP contribution in [0.4, 0.5) is 0 Å². The fourth-order valence-electron chi connectivity index (χ4n) is 1.92. The first-order valence-corrected chi connectivity index (χ1v) is 6.37. The van der Waals surface area contributed by atoms with E-state index in [1.807, 2.05) is 52.1 Å². The van der Waals surface area contributed by atoms with Crippen LogP contribution in [0.3, 0.4) is 0 Å². The van der Waals surface area contributed by atoms with Crippen molar-refractivity contribution < 1.29 is 4.79 Å². The molecule has 0 spiro atoms. The van der Waals surface area contributed by atoms with Gasteiger partial charge < -0.3 is 5.32 Å². The number of rotatable bonds is 6. The summed E-state index contributed by atoms with van der Waals surface area (Å²) < 4.78 is 0. The van der Waals surface area contributed by atoms with E-state index in [-0.39, 0.29) is 5.91 Å². The fourth-order valence-corrected chi connectivity index (χ4v) is 1.92. The first-order valence-electron chi connectivity index (χ1n) is 6.37. The van der Waals surface area contributed by atoms with E-state index in [1.54, 1.807) is 5.01 Å². The van der Waals surface area contributed by atoms with Crippen molar-refractivity contribution in [3.63, 3.8) is 0 Å². The van der Waals surface area contributed by atoms with Crippen molar-refractivity contribution in [1.29, 1.82) is 0 Å². The molecule has 4 heteroatoms. The number of amides is 1. The smallest absolute Gasteiger partial charge is 0.227 e. The minimum absolute atomic E-state index is 0.0197. The number of hydrazone groups is 1. The highest BCUT2D eigenvalue weighted by Gasteiger charge is 2.28. The molecule has 1 rings (SSSR count). The number of carbonyl (C=O) groups excluding carboxylic acids is 1. The van der Waals surface area contributed by atoms with Crippen molar-refractivity contribution in [2.24, 2.45) is 10.5 Å². The zero-order valence-electron chi connectivity index (χ0n) is 12.2. The highest BCUT2D eigenvalue weighted by molar-refractivity contribution is 5.82. The Kier molecular flexibility index (Phi) is 5.10. The van der Waals surface area contributed by atoms with E-state index in [4.69, 9.17) is 0 Å². The topological polar surface area (TPSA) is 44.7 Å². The third kappa shape index (κ3) is 4.39. The molecule has 0 unspecified atom stereocenters. The molecule has 0 aromatic heterocycles. The zero-order valence-corrected chi connectivity index (χ0v) is 12.2. The van der Waals surface area contributed by atoms with Crippen molar-refractivity contribution in [3.8, 4) is 0 Å². The van der Waals surface area contributed by atoms with Crippen LogP contribution in [0, 0.1) is 12.3 Å². The van der Waals surface area contributed by atoms with Gasteiger partial charge in [-0.25, -0.2) is 0 Å². The van der Waals surface area contributed by atoms with Crippen LogP contribution in [0.5, 0.6) is 0 Å². The Morgan fingerprint density at radius 2 is 2.05 bits per heavy atom. The summed E-state index contributed by atoms with van der Waals surface area (Å²) in [5.41, 5.74) is 1.82. The van der Waals surface area contributed by atoms with E-state index >= 15 is 0 Å². The number of benzene rings is 1. The van der Waals surface area contributed by atoms with Gasteiger partial charge in [-0.2, -0.15) is 5.10 Å². The van der Waals surface area contributed by atoms with E-state index in [0.29, 0.717) is 13.1 Å². The lowest BCUT2D eigenvalue weighted by Gasteiger charge is -2.27. The van der Waals surface area contributed by atoms with E-state index in [1.165, 1.54) is 5.56 Å². The molecule has 1 aromatic carbocycles. The Morgan fingerprint density at radius 1 is 1.42 bits per heavy atom. The average Bonchev–Trinajstić information content (AvgIpc) is 2.36. The highest BCUT2D eigenvalue weighted by Crippen LogP contribution is 2.17. The van der Waals surface area contributed by atoms with Gasteiger partial charge in [0.25, 0.3) is 0 Å². The molecule has 1 aromatic rings. The average molecular weight is 261 g/mol. The Balaban J connectivity index is 2.60. The Bertz CT molecular complexity index is 454. The minimum atomic E-state index is -0.501. The van der Waals surface area contributed by atoms with E-state index in [9.17, 15) is 4.79 Å². The van der Waals surface area contributed by atoms with Gasteiger partial charge in [0.15, 0.2) is 0 Å². The maximum absolute atomic E-state index is 12.2. The van der Waals surface area contributed by atoms with Crippen LogP contribution in [0.25, 0.3) is 0 Å². The third-order valence-electron chi connectivity index (χ3n) is 3.18. The molecule has 0 saturated heterocycles. The molecule has 0 saturated carbocycles. The molecule has 0 aliphatic rings. The lowest BCUT2D eigenvalue weighted by Crippen LogP contribution is -2.42. The maximum Gasteiger partial charge on any atom is 0.227 e. The molecule has 104 valence electrons. The van der Waals surface area contributed by atoms with Gasteiger partial charge in [-0.05, 0) is 31.9 Å². The monoisotopic (exact) mass is 261 g/mol. The van der Waals surface area contributed by atoms with Crippen molar-refractivity contribution in [2.45, 2.75) is 27.3 Å². The van der Waals surface area contributed by atoms with Gasteiger partial charge in [0, 0.05) is 26.9 Å².